The zero-order valence-electron chi connectivity index (χ0n) is 12.7. The Balaban J connectivity index is 2.25. The molecule has 2 aliphatic rings. The molecule has 2 heterocycles. The van der Waals surface area contributed by atoms with Gasteiger partial charge < -0.3 is 14.7 Å². The van der Waals surface area contributed by atoms with E-state index in [1.807, 2.05) is 13.1 Å². The number of quaternary nitrogens is 1. The summed E-state index contributed by atoms with van der Waals surface area (Å²) in [6.07, 6.45) is 5.05. The van der Waals surface area contributed by atoms with E-state index in [1.165, 1.54) is 17.4 Å². The Morgan fingerprint density at radius 1 is 1.35 bits per heavy atom. The Bertz CT molecular complexity index is 772. The van der Waals surface area contributed by atoms with Crippen molar-refractivity contribution in [2.75, 3.05) is 20.1 Å². The van der Waals surface area contributed by atoms with Crippen LogP contribution in [0.4, 0.5) is 0 Å². The van der Waals surface area contributed by atoms with Crippen LogP contribution in [0.5, 0.6) is 0 Å². The molecule has 6 heteroatoms. The predicted octanol–water partition coefficient (Wildman–Crippen LogP) is 0.641. The average molecular weight is 306 g/mol. The van der Waals surface area contributed by atoms with E-state index in [2.05, 4.69) is 18.2 Å². The molecule has 0 spiro atoms. The third-order valence-electron chi connectivity index (χ3n) is 4.98. The Hall–Kier alpha value is -2.88. The topological polar surface area (TPSA) is 113 Å². The van der Waals surface area contributed by atoms with E-state index in [-0.39, 0.29) is 11.6 Å². The first kappa shape index (κ1) is 15.0. The van der Waals surface area contributed by atoms with E-state index in [0.717, 1.165) is 24.2 Å². The van der Waals surface area contributed by atoms with Gasteiger partial charge in [0.25, 0.3) is 0 Å². The van der Waals surface area contributed by atoms with Crippen LogP contribution in [0.25, 0.3) is 0 Å². The molecule has 2 unspecified atom stereocenters. The van der Waals surface area contributed by atoms with Crippen molar-refractivity contribution in [3.63, 3.8) is 0 Å². The fraction of sp³-hybridized carbons (Fsp3) is 0.412. The molecule has 3 rings (SSSR count). The summed E-state index contributed by atoms with van der Waals surface area (Å²) < 4.78 is 5.16. The first-order valence-electron chi connectivity index (χ1n) is 7.43. The molecule has 0 aromatic carbocycles. The maximum atomic E-state index is 9.77. The van der Waals surface area contributed by atoms with Gasteiger partial charge in [-0.05, 0) is 23.3 Å². The number of hydrogen-bond acceptors (Lipinski definition) is 5. The molecule has 1 aliphatic heterocycles. The number of fused-ring (bicyclic) bond motifs is 1. The number of hydrogen-bond donors (Lipinski definition) is 2. The van der Waals surface area contributed by atoms with Gasteiger partial charge in [-0.2, -0.15) is 15.8 Å². The molecule has 1 aromatic rings. The molecule has 1 aliphatic carbocycles. The molecule has 1 aromatic heterocycles. The van der Waals surface area contributed by atoms with Gasteiger partial charge in [-0.15, -0.1) is 0 Å². The first-order chi connectivity index (χ1) is 11.1. The van der Waals surface area contributed by atoms with Crippen molar-refractivity contribution in [1.29, 1.82) is 21.2 Å². The number of nitriles is 3. The lowest BCUT2D eigenvalue weighted by Gasteiger charge is -2.45. The lowest BCUT2D eigenvalue weighted by molar-refractivity contribution is -0.878. The fourth-order valence-corrected chi connectivity index (χ4v) is 3.88. The lowest BCUT2D eigenvalue weighted by Crippen LogP contribution is -3.10. The second kappa shape index (κ2) is 5.39. The molecule has 1 fully saturated rings. The SMILES string of the molecule is C[NH+]1CC=C2C(C#N)C(=N)C(C#N)(C#N)[C@@H](c3ccoc3)[C@@H]2C1. The summed E-state index contributed by atoms with van der Waals surface area (Å²) in [5.74, 6) is -1.41. The second-order valence-electron chi connectivity index (χ2n) is 6.22. The van der Waals surface area contributed by atoms with Gasteiger partial charge in [0.2, 0.25) is 0 Å². The number of furan rings is 1. The summed E-state index contributed by atoms with van der Waals surface area (Å²) in [7, 11) is 2.04. The van der Waals surface area contributed by atoms with Gasteiger partial charge in [0.15, 0.2) is 5.41 Å². The van der Waals surface area contributed by atoms with Crippen molar-refractivity contribution < 1.29 is 9.32 Å². The molecule has 2 N–H and O–H groups in total. The van der Waals surface area contributed by atoms with Crippen LogP contribution in [0.3, 0.4) is 0 Å². The smallest absolute Gasteiger partial charge is 0.190 e. The van der Waals surface area contributed by atoms with Gasteiger partial charge in [-0.25, -0.2) is 0 Å². The zero-order chi connectivity index (χ0) is 16.6. The van der Waals surface area contributed by atoms with Crippen molar-refractivity contribution in [2.45, 2.75) is 5.92 Å². The third kappa shape index (κ3) is 1.99. The van der Waals surface area contributed by atoms with E-state index < -0.39 is 17.3 Å². The number of likely N-dealkylation sites (N-methyl/N-ethyl adjacent to an activating group) is 1. The summed E-state index contributed by atoms with van der Waals surface area (Å²) in [5, 5.41) is 37.5. The Labute approximate surface area is 134 Å². The molecule has 4 atom stereocenters. The molecule has 0 radical (unpaired) electrons. The van der Waals surface area contributed by atoms with E-state index in [4.69, 9.17) is 9.83 Å². The Morgan fingerprint density at radius 2 is 2.09 bits per heavy atom. The highest BCUT2D eigenvalue weighted by molar-refractivity contribution is 6.00. The molecule has 23 heavy (non-hydrogen) atoms. The number of nitrogens with one attached hydrogen (secondary N) is 2. The first-order valence-corrected chi connectivity index (χ1v) is 7.43. The monoisotopic (exact) mass is 306 g/mol. The summed E-state index contributed by atoms with van der Waals surface area (Å²) in [4.78, 5) is 1.25. The van der Waals surface area contributed by atoms with Crippen LogP contribution in [0.2, 0.25) is 0 Å². The summed E-state index contributed by atoms with van der Waals surface area (Å²) in [6.45, 7) is 1.50. The number of nitrogens with zero attached hydrogens (tertiary/aromatic N) is 3. The maximum absolute atomic E-state index is 9.77. The molecule has 1 saturated carbocycles. The van der Waals surface area contributed by atoms with Crippen LogP contribution in [0.15, 0.2) is 34.7 Å². The molecular formula is C17H16N5O+. The van der Waals surface area contributed by atoms with Crippen LogP contribution in [0.1, 0.15) is 11.5 Å². The Kier molecular flexibility index (Phi) is 3.52. The van der Waals surface area contributed by atoms with E-state index in [1.54, 1.807) is 6.07 Å². The highest BCUT2D eigenvalue weighted by atomic mass is 16.3. The minimum Gasteiger partial charge on any atom is -0.472 e. The van der Waals surface area contributed by atoms with Gasteiger partial charge in [-0.1, -0.05) is 0 Å². The second-order valence-corrected chi connectivity index (χ2v) is 6.22. The predicted molar refractivity (Wildman–Crippen MR) is 80.1 cm³/mol. The van der Waals surface area contributed by atoms with Crippen LogP contribution < -0.4 is 4.90 Å². The van der Waals surface area contributed by atoms with Crippen LogP contribution in [-0.4, -0.2) is 25.8 Å². The third-order valence-corrected chi connectivity index (χ3v) is 4.98. The van der Waals surface area contributed by atoms with E-state index in [0.29, 0.717) is 0 Å². The van der Waals surface area contributed by atoms with Crippen LogP contribution >= 0.6 is 0 Å². The Morgan fingerprint density at radius 3 is 2.65 bits per heavy atom. The maximum Gasteiger partial charge on any atom is 0.190 e. The lowest BCUT2D eigenvalue weighted by atomic mass is 9.54. The molecule has 114 valence electrons. The van der Waals surface area contributed by atoms with Gasteiger partial charge in [0, 0.05) is 11.8 Å². The van der Waals surface area contributed by atoms with Crippen molar-refractivity contribution in [3.8, 4) is 18.2 Å². The van der Waals surface area contributed by atoms with Gasteiger partial charge >= 0.3 is 0 Å². The van der Waals surface area contributed by atoms with Gasteiger partial charge in [0.1, 0.15) is 5.92 Å². The van der Waals surface area contributed by atoms with Crippen molar-refractivity contribution in [1.82, 2.24) is 0 Å². The standard InChI is InChI=1S/C17H15N5O/c1-22-4-2-12-13(6-18)16(21)17(9-19,10-20)15(14(12)7-22)11-3-5-23-8-11/h2-3,5,8,13-15,21H,4,7H2,1H3/p+1/t13?,14-,15+/m1/s1. The summed E-state index contributed by atoms with van der Waals surface area (Å²) in [5.41, 5.74) is -0.141. The average Bonchev–Trinajstić information content (AvgIpc) is 3.08. The molecule has 0 bridgehead atoms. The van der Waals surface area contributed by atoms with E-state index in [9.17, 15) is 15.8 Å². The normalized spacial score (nSPS) is 31.9. The van der Waals surface area contributed by atoms with Crippen molar-refractivity contribution in [3.05, 3.63) is 35.8 Å². The highest BCUT2D eigenvalue weighted by Gasteiger charge is 2.58. The zero-order valence-corrected chi connectivity index (χ0v) is 12.7. The molecule has 0 saturated heterocycles. The highest BCUT2D eigenvalue weighted by Crippen LogP contribution is 2.52. The fourth-order valence-electron chi connectivity index (χ4n) is 3.88. The number of rotatable bonds is 1. The molecule has 6 nitrogen and oxygen atoms in total. The van der Waals surface area contributed by atoms with E-state index >= 15 is 0 Å². The minimum atomic E-state index is -1.64. The quantitative estimate of drug-likeness (QED) is 0.741. The van der Waals surface area contributed by atoms with Gasteiger partial charge in [0.05, 0.1) is 56.6 Å². The van der Waals surface area contributed by atoms with Crippen LogP contribution in [-0.2, 0) is 0 Å². The van der Waals surface area contributed by atoms with Gasteiger partial charge in [-0.3, -0.25) is 0 Å². The van der Waals surface area contributed by atoms with Crippen molar-refractivity contribution >= 4 is 5.71 Å². The summed E-state index contributed by atoms with van der Waals surface area (Å²) in [6, 6.07) is 7.98. The van der Waals surface area contributed by atoms with Crippen molar-refractivity contribution in [2.24, 2.45) is 17.3 Å². The molecule has 0 amide bonds. The van der Waals surface area contributed by atoms with Crippen LogP contribution in [0, 0.1) is 56.7 Å². The summed E-state index contributed by atoms with van der Waals surface area (Å²) >= 11 is 0. The largest absolute Gasteiger partial charge is 0.472 e. The molecular weight excluding hydrogens is 290 g/mol. The minimum absolute atomic E-state index is 0.113.